The summed E-state index contributed by atoms with van der Waals surface area (Å²) in [6, 6.07) is 16.8. The van der Waals surface area contributed by atoms with Crippen LogP contribution in [-0.2, 0) is 10.2 Å². The Hall–Kier alpha value is -4.22. The van der Waals surface area contributed by atoms with Gasteiger partial charge >= 0.3 is 0 Å². The number of aromatic amines is 1. The Kier molecular flexibility index (Phi) is 5.23. The Bertz CT molecular complexity index is 1610. The molecule has 1 aliphatic rings. The third-order valence-corrected chi connectivity index (χ3v) is 7.01. The quantitative estimate of drug-likeness (QED) is 0.392. The van der Waals surface area contributed by atoms with E-state index in [1.807, 2.05) is 62.6 Å². The second-order valence-electron chi connectivity index (χ2n) is 9.79. The van der Waals surface area contributed by atoms with Crippen molar-refractivity contribution in [2.24, 2.45) is 0 Å². The molecule has 1 fully saturated rings. The number of rotatable bonds is 4. The SMILES string of the molecule is C[C@@H]1COCCN1c1nc(-c2ccnc3[nH]ccc23)nc2c1ccn2-c1ccc(C(C)(C)C#N)cc1. The van der Waals surface area contributed by atoms with Crippen LogP contribution in [-0.4, -0.2) is 50.3 Å². The largest absolute Gasteiger partial charge is 0.377 e. The van der Waals surface area contributed by atoms with Gasteiger partial charge < -0.3 is 19.2 Å². The zero-order chi connectivity index (χ0) is 24.9. The van der Waals surface area contributed by atoms with Crippen LogP contribution in [0.2, 0.25) is 0 Å². The maximum Gasteiger partial charge on any atom is 0.164 e. The lowest BCUT2D eigenvalue weighted by atomic mass is 9.86. The van der Waals surface area contributed by atoms with Crippen LogP contribution < -0.4 is 4.90 Å². The van der Waals surface area contributed by atoms with Crippen molar-refractivity contribution in [1.29, 1.82) is 5.26 Å². The average Bonchev–Trinajstić information content (AvgIpc) is 3.56. The maximum absolute atomic E-state index is 9.52. The number of aromatic nitrogens is 5. The molecule has 0 unspecified atom stereocenters. The summed E-state index contributed by atoms with van der Waals surface area (Å²) in [6.07, 6.45) is 5.71. The number of morpholine rings is 1. The van der Waals surface area contributed by atoms with Crippen LogP contribution in [0.15, 0.2) is 61.1 Å². The van der Waals surface area contributed by atoms with Gasteiger partial charge in [-0.3, -0.25) is 0 Å². The van der Waals surface area contributed by atoms with Crippen molar-refractivity contribution in [1.82, 2.24) is 24.5 Å². The van der Waals surface area contributed by atoms with E-state index in [1.165, 1.54) is 0 Å². The van der Waals surface area contributed by atoms with Gasteiger partial charge in [0.1, 0.15) is 11.5 Å². The molecule has 0 amide bonds. The molecule has 0 bridgehead atoms. The van der Waals surface area contributed by atoms with E-state index in [0.717, 1.165) is 51.2 Å². The molecule has 8 nitrogen and oxygen atoms in total. The first-order valence-corrected chi connectivity index (χ1v) is 12.1. The highest BCUT2D eigenvalue weighted by Gasteiger charge is 2.26. The Morgan fingerprint density at radius 1 is 1.08 bits per heavy atom. The van der Waals surface area contributed by atoms with Gasteiger partial charge in [-0.15, -0.1) is 0 Å². The standard InChI is InChI=1S/C28H27N7O/c1-18-16-36-15-14-34(18)26-23-10-13-35(20-6-4-19(5-7-20)28(2,3)17-29)27(23)33-25(32-26)22-9-12-31-24-21(22)8-11-30-24/h4-13,18H,14-16H2,1-3H3,(H,30,31)/t18-/m1/s1. The molecule has 1 aliphatic heterocycles. The molecule has 1 aromatic carbocycles. The zero-order valence-corrected chi connectivity index (χ0v) is 20.6. The van der Waals surface area contributed by atoms with Crippen molar-refractivity contribution in [3.05, 3.63) is 66.6 Å². The lowest BCUT2D eigenvalue weighted by Crippen LogP contribution is -2.44. The first-order chi connectivity index (χ1) is 17.5. The second kappa shape index (κ2) is 8.47. The normalized spacial score (nSPS) is 16.5. The lowest BCUT2D eigenvalue weighted by Gasteiger charge is -2.34. The first kappa shape index (κ1) is 22.3. The Morgan fingerprint density at radius 3 is 2.69 bits per heavy atom. The van der Waals surface area contributed by atoms with E-state index in [4.69, 9.17) is 14.7 Å². The van der Waals surface area contributed by atoms with E-state index < -0.39 is 5.41 Å². The first-order valence-electron chi connectivity index (χ1n) is 12.1. The zero-order valence-electron chi connectivity index (χ0n) is 20.6. The van der Waals surface area contributed by atoms with Crippen LogP contribution in [0.1, 0.15) is 26.3 Å². The van der Waals surface area contributed by atoms with E-state index in [9.17, 15) is 5.26 Å². The third kappa shape index (κ3) is 3.60. The number of nitrogens with one attached hydrogen (secondary N) is 1. The summed E-state index contributed by atoms with van der Waals surface area (Å²) in [5.74, 6) is 1.57. The maximum atomic E-state index is 9.52. The van der Waals surface area contributed by atoms with Gasteiger partial charge in [0, 0.05) is 41.8 Å². The van der Waals surface area contributed by atoms with Crippen LogP contribution in [0.5, 0.6) is 0 Å². The van der Waals surface area contributed by atoms with Crippen molar-refractivity contribution in [3.8, 4) is 23.1 Å². The number of nitrogens with zero attached hydrogens (tertiary/aromatic N) is 6. The van der Waals surface area contributed by atoms with Crippen molar-refractivity contribution in [2.75, 3.05) is 24.7 Å². The van der Waals surface area contributed by atoms with Crippen LogP contribution in [0.3, 0.4) is 0 Å². The fourth-order valence-electron chi connectivity index (χ4n) is 4.85. The highest BCUT2D eigenvalue weighted by Crippen LogP contribution is 2.34. The molecule has 1 saturated heterocycles. The Balaban J connectivity index is 1.56. The summed E-state index contributed by atoms with van der Waals surface area (Å²) in [7, 11) is 0. The molecule has 0 spiro atoms. The van der Waals surface area contributed by atoms with Crippen LogP contribution in [0.4, 0.5) is 5.82 Å². The number of hydrogen-bond acceptors (Lipinski definition) is 6. The van der Waals surface area contributed by atoms with E-state index in [1.54, 1.807) is 6.20 Å². The van der Waals surface area contributed by atoms with Gasteiger partial charge in [0.25, 0.3) is 0 Å². The Morgan fingerprint density at radius 2 is 1.92 bits per heavy atom. The summed E-state index contributed by atoms with van der Waals surface area (Å²) in [4.78, 5) is 20.1. The number of benzene rings is 1. The van der Waals surface area contributed by atoms with Gasteiger partial charge in [0.15, 0.2) is 11.5 Å². The molecule has 36 heavy (non-hydrogen) atoms. The van der Waals surface area contributed by atoms with E-state index in [2.05, 4.69) is 38.5 Å². The third-order valence-electron chi connectivity index (χ3n) is 7.01. The van der Waals surface area contributed by atoms with Gasteiger partial charge in [-0.25, -0.2) is 15.0 Å². The average molecular weight is 478 g/mol. The van der Waals surface area contributed by atoms with Crippen LogP contribution in [0.25, 0.3) is 39.1 Å². The number of fused-ring (bicyclic) bond motifs is 2. The number of nitriles is 1. The topological polar surface area (TPSA) is 95.7 Å². The molecule has 4 aromatic heterocycles. The van der Waals surface area contributed by atoms with Crippen molar-refractivity contribution < 1.29 is 4.74 Å². The molecule has 0 saturated carbocycles. The predicted molar refractivity (Wildman–Crippen MR) is 140 cm³/mol. The van der Waals surface area contributed by atoms with E-state index in [-0.39, 0.29) is 6.04 Å². The minimum atomic E-state index is -0.546. The minimum Gasteiger partial charge on any atom is -0.377 e. The predicted octanol–water partition coefficient (Wildman–Crippen LogP) is 4.99. The van der Waals surface area contributed by atoms with Crippen molar-refractivity contribution >= 4 is 27.9 Å². The summed E-state index contributed by atoms with van der Waals surface area (Å²) >= 11 is 0. The monoisotopic (exact) mass is 477 g/mol. The van der Waals surface area contributed by atoms with Crippen molar-refractivity contribution in [3.63, 3.8) is 0 Å². The fraction of sp³-hybridized carbons (Fsp3) is 0.286. The Labute approximate surface area is 209 Å². The molecule has 1 atom stereocenters. The molecule has 6 rings (SSSR count). The number of H-pyrrole nitrogens is 1. The minimum absolute atomic E-state index is 0.199. The van der Waals surface area contributed by atoms with Gasteiger partial charge in [-0.1, -0.05) is 12.1 Å². The molecule has 5 heterocycles. The van der Waals surface area contributed by atoms with Gasteiger partial charge in [0.05, 0.1) is 36.1 Å². The van der Waals surface area contributed by atoms with E-state index in [0.29, 0.717) is 19.0 Å². The number of ether oxygens (including phenoxy) is 1. The highest BCUT2D eigenvalue weighted by atomic mass is 16.5. The van der Waals surface area contributed by atoms with Crippen LogP contribution in [0, 0.1) is 11.3 Å². The second-order valence-corrected chi connectivity index (χ2v) is 9.79. The summed E-state index contributed by atoms with van der Waals surface area (Å²) in [6.45, 7) is 8.12. The molecule has 5 aromatic rings. The molecular formula is C28H27N7O. The van der Waals surface area contributed by atoms with Crippen LogP contribution >= 0.6 is 0 Å². The van der Waals surface area contributed by atoms with Gasteiger partial charge in [-0.05, 0) is 56.7 Å². The molecule has 8 heteroatoms. The van der Waals surface area contributed by atoms with Crippen molar-refractivity contribution in [2.45, 2.75) is 32.2 Å². The molecule has 180 valence electrons. The lowest BCUT2D eigenvalue weighted by molar-refractivity contribution is 0.0987. The van der Waals surface area contributed by atoms with Gasteiger partial charge in [0.2, 0.25) is 0 Å². The summed E-state index contributed by atoms with van der Waals surface area (Å²) in [5, 5.41) is 11.5. The molecule has 0 radical (unpaired) electrons. The highest BCUT2D eigenvalue weighted by molar-refractivity contribution is 5.95. The molecular weight excluding hydrogens is 450 g/mol. The smallest absolute Gasteiger partial charge is 0.164 e. The number of hydrogen-bond donors (Lipinski definition) is 1. The number of anilines is 1. The van der Waals surface area contributed by atoms with E-state index >= 15 is 0 Å². The summed E-state index contributed by atoms with van der Waals surface area (Å²) < 4.78 is 7.80. The molecule has 0 aliphatic carbocycles. The fourth-order valence-corrected chi connectivity index (χ4v) is 4.85. The van der Waals surface area contributed by atoms with Gasteiger partial charge in [-0.2, -0.15) is 5.26 Å². The number of pyridine rings is 1. The molecule has 1 N–H and O–H groups in total. The summed E-state index contributed by atoms with van der Waals surface area (Å²) in [5.41, 5.74) is 3.99.